The molecule has 150 heavy (non-hydrogen) atoms. The van der Waals surface area contributed by atoms with Gasteiger partial charge in [0.25, 0.3) is 0 Å². The zero-order valence-electron chi connectivity index (χ0n) is 82.1. The van der Waals surface area contributed by atoms with Crippen molar-refractivity contribution in [2.45, 2.75) is 0 Å². The Balaban J connectivity index is 0.000000108. The monoisotopic (exact) mass is 1910 g/mol. The first-order chi connectivity index (χ1) is 74.5. The van der Waals surface area contributed by atoms with E-state index in [0.29, 0.717) is 0 Å². The summed E-state index contributed by atoms with van der Waals surface area (Å²) in [5, 5.41) is 15.0. The van der Waals surface area contributed by atoms with Gasteiger partial charge in [-0.25, -0.2) is 0 Å². The molecule has 0 amide bonds. The van der Waals surface area contributed by atoms with Gasteiger partial charge in [0.15, 0.2) is 0 Å². The van der Waals surface area contributed by atoms with E-state index in [1.54, 1.807) is 0 Å². The van der Waals surface area contributed by atoms with Crippen LogP contribution in [-0.4, -0.2) is 27.4 Å². The Morgan fingerprint density at radius 2 is 0.320 bits per heavy atom. The number of hydrogen-bond acceptors (Lipinski definition) is 0. The van der Waals surface area contributed by atoms with E-state index in [1.165, 1.54) is 254 Å². The van der Waals surface area contributed by atoms with Crippen molar-refractivity contribution in [2.75, 3.05) is 0 Å². The molecule has 30 aromatic rings. The van der Waals surface area contributed by atoms with Crippen LogP contribution in [0, 0.1) is 0 Å². The summed E-state index contributed by atoms with van der Waals surface area (Å²) in [6.07, 6.45) is 0. The Hall–Kier alpha value is -19.9. The van der Waals surface area contributed by atoms with Gasteiger partial charge in [-0.3, -0.25) is 0 Å². The first kappa shape index (κ1) is 87.8. The van der Waals surface area contributed by atoms with Gasteiger partial charge >= 0.3 is 0 Å². The lowest BCUT2D eigenvalue weighted by atomic mass is 9.94. The van der Waals surface area contributed by atoms with Crippen LogP contribution >= 0.6 is 0 Å². The summed E-state index contributed by atoms with van der Waals surface area (Å²) in [6.45, 7) is 0. The van der Waals surface area contributed by atoms with Crippen LogP contribution in [0.3, 0.4) is 0 Å². The largest absolute Gasteiger partial charge is 0.309 e. The van der Waals surface area contributed by atoms with Gasteiger partial charge in [-0.1, -0.05) is 461 Å². The zero-order chi connectivity index (χ0) is 99.1. The molecule has 0 unspecified atom stereocenters. The molecule has 0 aliphatic heterocycles. The molecule has 0 radical (unpaired) electrons. The summed E-state index contributed by atoms with van der Waals surface area (Å²) < 4.78 is 14.7. The highest BCUT2D eigenvalue weighted by Crippen LogP contribution is 2.49. The van der Waals surface area contributed by atoms with Crippen LogP contribution < -0.4 is 0 Å². The summed E-state index contributed by atoms with van der Waals surface area (Å²) in [5.41, 5.74) is 42.9. The average molecular weight is 1910 g/mol. The van der Waals surface area contributed by atoms with Gasteiger partial charge in [-0.05, 0) is 194 Å². The minimum absolute atomic E-state index is 1.14. The molecule has 0 fully saturated rings. The molecule has 6 aromatic heterocycles. The molecule has 6 heteroatoms. The second kappa shape index (κ2) is 37.4. The molecule has 702 valence electrons. The first-order valence-corrected chi connectivity index (χ1v) is 51.6. The molecule has 6 heterocycles. The van der Waals surface area contributed by atoms with Gasteiger partial charge in [0, 0.05) is 104 Å². The predicted octanol–water partition coefficient (Wildman–Crippen LogP) is 38.6. The smallest absolute Gasteiger partial charge is 0.0618 e. The SMILES string of the molecule is c1ccc(-c2cc(-c3ccccc3)cc(-n3c4ccccc4c4ccc(-c5ccccc5-n5c6ccccc6c6ccccc65)cc43)c2)cc1.c1ccc(-c2ccc(-n3c4ccccc4c4ccc(-c5ccccc5-n5c6ccccc6c6ccccc65)cc43)cc2-c2ccccc2)cc1.c1ccc(-c2cccc(-c3ccccc3)c2-n2c3ccccc3c3ccc(-c4ccccc4-n4c5ccccc5c5ccccc54)cc32)cc1. The van der Waals surface area contributed by atoms with Gasteiger partial charge in [0.1, 0.15) is 0 Å². The van der Waals surface area contributed by atoms with E-state index in [9.17, 15) is 0 Å². The molecule has 0 bridgehead atoms. The van der Waals surface area contributed by atoms with Crippen LogP contribution in [0.5, 0.6) is 0 Å². The Labute approximate surface area is 868 Å². The van der Waals surface area contributed by atoms with Crippen molar-refractivity contribution in [3.63, 3.8) is 0 Å². The summed E-state index contributed by atoms with van der Waals surface area (Å²) in [7, 11) is 0. The number of rotatable bonds is 15. The van der Waals surface area contributed by atoms with Crippen LogP contribution in [0.15, 0.2) is 582 Å². The van der Waals surface area contributed by atoms with Crippen LogP contribution in [-0.2, 0) is 0 Å². The highest BCUT2D eigenvalue weighted by Gasteiger charge is 2.27. The fraction of sp³-hybridized carbons (Fsp3) is 0. The Morgan fingerprint density at radius 3 is 0.633 bits per heavy atom. The lowest BCUT2D eigenvalue weighted by molar-refractivity contribution is 1.17. The van der Waals surface area contributed by atoms with E-state index in [1.807, 2.05) is 0 Å². The average Bonchev–Trinajstić information content (AvgIpc) is 1.57. The fourth-order valence-electron chi connectivity index (χ4n) is 23.7. The molecule has 0 aliphatic rings. The highest BCUT2D eigenvalue weighted by atomic mass is 15.0. The summed E-state index contributed by atoms with van der Waals surface area (Å²) in [5.74, 6) is 0. The van der Waals surface area contributed by atoms with E-state index >= 15 is 0 Å². The van der Waals surface area contributed by atoms with E-state index < -0.39 is 0 Å². The number of hydrogen-bond donors (Lipinski definition) is 0. The van der Waals surface area contributed by atoms with E-state index in [-0.39, 0.29) is 0 Å². The van der Waals surface area contributed by atoms with E-state index in [2.05, 4.69) is 610 Å². The normalized spacial score (nSPS) is 11.6. The summed E-state index contributed by atoms with van der Waals surface area (Å²) in [6, 6.07) is 211. The molecule has 6 nitrogen and oxygen atoms in total. The molecule has 24 aromatic carbocycles. The van der Waals surface area contributed by atoms with Crippen LogP contribution in [0.25, 0.3) is 265 Å². The number of fused-ring (bicyclic) bond motifs is 18. The van der Waals surface area contributed by atoms with Crippen molar-refractivity contribution < 1.29 is 0 Å². The van der Waals surface area contributed by atoms with Crippen molar-refractivity contribution in [1.82, 2.24) is 27.4 Å². The number of nitrogens with zero attached hydrogens (tertiary/aromatic N) is 6. The highest BCUT2D eigenvalue weighted by molar-refractivity contribution is 6.17. The molecular formula is C144H96N6. The van der Waals surface area contributed by atoms with Gasteiger partial charge in [0.2, 0.25) is 0 Å². The maximum absolute atomic E-state index is 2.50. The van der Waals surface area contributed by atoms with Gasteiger partial charge in [-0.15, -0.1) is 0 Å². The lowest BCUT2D eigenvalue weighted by Gasteiger charge is -2.19. The van der Waals surface area contributed by atoms with Gasteiger partial charge in [0.05, 0.1) is 88.9 Å². The topological polar surface area (TPSA) is 29.6 Å². The Bertz CT molecular complexity index is 10200. The minimum atomic E-state index is 1.14. The second-order valence-electron chi connectivity index (χ2n) is 38.8. The minimum Gasteiger partial charge on any atom is -0.309 e. The molecule has 0 N–H and O–H groups in total. The quantitative estimate of drug-likeness (QED) is 0.0979. The second-order valence-corrected chi connectivity index (χ2v) is 38.8. The third-order valence-corrected chi connectivity index (χ3v) is 30.4. The maximum Gasteiger partial charge on any atom is 0.0618 e. The Morgan fingerprint density at radius 1 is 0.0933 bits per heavy atom. The first-order valence-electron chi connectivity index (χ1n) is 51.6. The van der Waals surface area contributed by atoms with Crippen LogP contribution in [0.4, 0.5) is 0 Å². The van der Waals surface area contributed by atoms with E-state index in [0.717, 1.165) is 11.4 Å². The molecule has 0 spiro atoms. The predicted molar refractivity (Wildman–Crippen MR) is 634 cm³/mol. The third-order valence-electron chi connectivity index (χ3n) is 30.4. The lowest BCUT2D eigenvalue weighted by Crippen LogP contribution is -2.01. The van der Waals surface area contributed by atoms with Crippen LogP contribution in [0.1, 0.15) is 0 Å². The van der Waals surface area contributed by atoms with Crippen molar-refractivity contribution in [3.05, 3.63) is 582 Å². The summed E-state index contributed by atoms with van der Waals surface area (Å²) >= 11 is 0. The zero-order valence-corrected chi connectivity index (χ0v) is 82.1. The standard InChI is InChI=1S/3C48H32N2/c1-3-16-33(17-4-1)37-24-15-25-38(34-18-5-2-6-19-34)48(37)50-46-29-14-10-23-41(46)42-31-30-35(32-47(42)50)36-20-7-11-26-43(36)49-44-27-12-8-21-39(44)40-22-9-13-28-45(40)49;1-3-15-33(16-4-1)37-30-28-36(32-43(37)34-17-5-2-6-18-34)49-45-24-12-8-22-41(45)42-29-27-35(31-48(42)49)38-19-7-11-23-44(38)50-46-25-13-9-20-39(46)40-21-10-14-26-47(40)50;1-3-15-33(16-4-1)36-29-37(34-17-5-2-6-18-34)31-38(30-36)49-45-24-12-8-22-42(45)43-28-27-35(32-48(43)49)39-19-7-11-23-44(39)50-46-25-13-9-20-40(46)41-21-10-14-26-47(41)50/h3*1-32H. The number of benzene rings is 24. The van der Waals surface area contributed by atoms with Crippen molar-refractivity contribution in [1.29, 1.82) is 0 Å². The fourth-order valence-corrected chi connectivity index (χ4v) is 23.7. The third kappa shape index (κ3) is 15.1. The Kier molecular flexibility index (Phi) is 21.9. The van der Waals surface area contributed by atoms with Gasteiger partial charge < -0.3 is 27.4 Å². The number of para-hydroxylation sites is 13. The van der Waals surface area contributed by atoms with Crippen molar-refractivity contribution >= 4 is 131 Å². The number of aromatic nitrogens is 6. The maximum atomic E-state index is 2.50. The van der Waals surface area contributed by atoms with Crippen LogP contribution in [0.2, 0.25) is 0 Å². The molecular weight excluding hydrogens is 1810 g/mol. The molecule has 0 atom stereocenters. The molecule has 0 aliphatic carbocycles. The van der Waals surface area contributed by atoms with E-state index in [4.69, 9.17) is 0 Å². The van der Waals surface area contributed by atoms with Crippen molar-refractivity contribution in [3.8, 4) is 134 Å². The van der Waals surface area contributed by atoms with Crippen molar-refractivity contribution in [2.24, 2.45) is 0 Å². The molecule has 30 rings (SSSR count). The van der Waals surface area contributed by atoms with Gasteiger partial charge in [-0.2, -0.15) is 0 Å². The summed E-state index contributed by atoms with van der Waals surface area (Å²) in [4.78, 5) is 0. The molecule has 0 saturated carbocycles. The molecule has 0 saturated heterocycles.